The molecule has 1 aromatic carbocycles. The van der Waals surface area contributed by atoms with Gasteiger partial charge in [0.1, 0.15) is 0 Å². The van der Waals surface area contributed by atoms with Crippen LogP contribution < -0.4 is 11.1 Å². The summed E-state index contributed by atoms with van der Waals surface area (Å²) in [6.07, 6.45) is 7.23. The number of hydrogen-bond acceptors (Lipinski definition) is 5. The molecule has 10 heteroatoms. The predicted octanol–water partition coefficient (Wildman–Crippen LogP) is 2.91. The van der Waals surface area contributed by atoms with Crippen molar-refractivity contribution in [2.24, 2.45) is 11.7 Å². The highest BCUT2D eigenvalue weighted by atomic mass is 32.2. The number of piperidine rings is 1. The van der Waals surface area contributed by atoms with Crippen molar-refractivity contribution in [1.29, 1.82) is 0 Å². The fourth-order valence-electron chi connectivity index (χ4n) is 4.80. The normalized spacial score (nSPS) is 15.9. The Kier molecular flexibility index (Phi) is 7.63. The van der Waals surface area contributed by atoms with E-state index in [1.54, 1.807) is 11.2 Å². The number of primary amides is 1. The SMILES string of the molecule is CCS(=O)(=O)N1CCC(c2c[nH]c3c(C(N)=O)cc(-c4cnn(CCNCC(C)C)c4)cc23)CC1. The van der Waals surface area contributed by atoms with Gasteiger partial charge in [-0.2, -0.15) is 5.10 Å². The lowest BCUT2D eigenvalue weighted by molar-refractivity contribution is 0.100. The van der Waals surface area contributed by atoms with Crippen LogP contribution in [-0.2, 0) is 16.6 Å². The third-order valence-electron chi connectivity index (χ3n) is 6.78. The van der Waals surface area contributed by atoms with Crippen LogP contribution in [0.5, 0.6) is 0 Å². The van der Waals surface area contributed by atoms with E-state index in [2.05, 4.69) is 35.3 Å². The molecule has 1 saturated heterocycles. The molecule has 4 rings (SSSR count). The average molecular weight is 501 g/mol. The van der Waals surface area contributed by atoms with Crippen LogP contribution >= 0.6 is 0 Å². The third kappa shape index (κ3) is 5.60. The fraction of sp³-hybridized carbons (Fsp3) is 0.520. The molecule has 2 aromatic heterocycles. The Morgan fingerprint density at radius 3 is 2.66 bits per heavy atom. The van der Waals surface area contributed by atoms with E-state index >= 15 is 0 Å². The monoisotopic (exact) mass is 500 g/mol. The van der Waals surface area contributed by atoms with Gasteiger partial charge in [0.05, 0.1) is 29.6 Å². The molecule has 0 saturated carbocycles. The second kappa shape index (κ2) is 10.5. The van der Waals surface area contributed by atoms with Crippen LogP contribution in [0.3, 0.4) is 0 Å². The Morgan fingerprint density at radius 2 is 2.00 bits per heavy atom. The fourth-order valence-corrected chi connectivity index (χ4v) is 5.93. The minimum atomic E-state index is -3.18. The van der Waals surface area contributed by atoms with E-state index in [1.165, 1.54) is 0 Å². The minimum Gasteiger partial charge on any atom is -0.366 e. The van der Waals surface area contributed by atoms with Crippen molar-refractivity contribution in [3.63, 3.8) is 0 Å². The second-order valence-electron chi connectivity index (χ2n) is 9.72. The minimum absolute atomic E-state index is 0.123. The van der Waals surface area contributed by atoms with E-state index in [0.29, 0.717) is 24.6 Å². The molecule has 1 aliphatic heterocycles. The number of sulfonamides is 1. The highest BCUT2D eigenvalue weighted by Gasteiger charge is 2.29. The summed E-state index contributed by atoms with van der Waals surface area (Å²) in [5.41, 5.74) is 9.83. The molecule has 0 atom stereocenters. The van der Waals surface area contributed by atoms with Gasteiger partial charge in [-0.1, -0.05) is 13.8 Å². The van der Waals surface area contributed by atoms with Gasteiger partial charge in [-0.15, -0.1) is 0 Å². The maximum Gasteiger partial charge on any atom is 0.250 e. The van der Waals surface area contributed by atoms with Gasteiger partial charge in [-0.25, -0.2) is 12.7 Å². The zero-order valence-electron chi connectivity index (χ0n) is 20.8. The van der Waals surface area contributed by atoms with E-state index in [-0.39, 0.29) is 11.7 Å². The first-order valence-corrected chi connectivity index (χ1v) is 14.0. The van der Waals surface area contributed by atoms with Gasteiger partial charge >= 0.3 is 0 Å². The number of hydrogen-bond donors (Lipinski definition) is 3. The van der Waals surface area contributed by atoms with Gasteiger partial charge < -0.3 is 16.0 Å². The smallest absolute Gasteiger partial charge is 0.250 e. The number of nitrogens with two attached hydrogens (primary N) is 1. The molecule has 0 radical (unpaired) electrons. The molecule has 0 spiro atoms. The zero-order chi connectivity index (χ0) is 25.2. The van der Waals surface area contributed by atoms with Crippen LogP contribution in [0.1, 0.15) is 55.5 Å². The van der Waals surface area contributed by atoms with E-state index in [0.717, 1.165) is 60.1 Å². The number of aromatic amines is 1. The lowest BCUT2D eigenvalue weighted by Gasteiger charge is -2.31. The number of rotatable bonds is 10. The van der Waals surface area contributed by atoms with Crippen molar-refractivity contribution in [3.8, 4) is 11.1 Å². The number of H-pyrrole nitrogens is 1. The van der Waals surface area contributed by atoms with Crippen LogP contribution in [0.25, 0.3) is 22.0 Å². The Labute approximate surface area is 207 Å². The van der Waals surface area contributed by atoms with E-state index < -0.39 is 15.9 Å². The van der Waals surface area contributed by atoms with E-state index in [9.17, 15) is 13.2 Å². The number of fused-ring (bicyclic) bond motifs is 1. The first-order chi connectivity index (χ1) is 16.7. The summed E-state index contributed by atoms with van der Waals surface area (Å²) in [6, 6.07) is 3.90. The van der Waals surface area contributed by atoms with Crippen molar-refractivity contribution in [2.75, 3.05) is 31.9 Å². The third-order valence-corrected chi connectivity index (χ3v) is 8.66. The molecule has 1 fully saturated rings. The quantitative estimate of drug-likeness (QED) is 0.369. The summed E-state index contributed by atoms with van der Waals surface area (Å²) < 4.78 is 28.0. The average Bonchev–Trinajstić information content (AvgIpc) is 3.48. The summed E-state index contributed by atoms with van der Waals surface area (Å²) in [6.45, 7) is 9.60. The van der Waals surface area contributed by atoms with Crippen molar-refractivity contribution >= 4 is 26.8 Å². The number of amides is 1. The van der Waals surface area contributed by atoms with E-state index in [4.69, 9.17) is 5.73 Å². The van der Waals surface area contributed by atoms with Crippen LogP contribution in [0.4, 0.5) is 0 Å². The Morgan fingerprint density at radius 1 is 1.26 bits per heavy atom. The van der Waals surface area contributed by atoms with Gasteiger partial charge in [0.25, 0.3) is 5.91 Å². The standard InChI is InChI=1S/C25H36N6O3S/c1-4-35(33,34)31-8-5-18(6-9-31)23-15-28-24-21(23)11-19(12-22(24)25(26)32)20-14-29-30(16-20)10-7-27-13-17(2)3/h11-12,14-18,27-28H,4-10,13H2,1-3H3,(H2,26,32). The Hall–Kier alpha value is -2.69. The van der Waals surface area contributed by atoms with Crippen LogP contribution in [0.15, 0.2) is 30.7 Å². The molecule has 4 N–H and O–H groups in total. The van der Waals surface area contributed by atoms with Gasteiger partial charge in [-0.3, -0.25) is 9.48 Å². The number of benzene rings is 1. The van der Waals surface area contributed by atoms with Crippen molar-refractivity contribution < 1.29 is 13.2 Å². The maximum absolute atomic E-state index is 12.3. The molecule has 0 aliphatic carbocycles. The first kappa shape index (κ1) is 25.4. The van der Waals surface area contributed by atoms with E-state index in [1.807, 2.05) is 29.3 Å². The molecule has 0 bridgehead atoms. The summed E-state index contributed by atoms with van der Waals surface area (Å²) in [4.78, 5) is 15.6. The molecule has 1 aliphatic rings. The molecule has 3 heterocycles. The van der Waals surface area contributed by atoms with Gasteiger partial charge in [0.15, 0.2) is 0 Å². The summed E-state index contributed by atoms with van der Waals surface area (Å²) in [7, 11) is -3.18. The zero-order valence-corrected chi connectivity index (χ0v) is 21.6. The first-order valence-electron chi connectivity index (χ1n) is 12.4. The molecule has 35 heavy (non-hydrogen) atoms. The van der Waals surface area contributed by atoms with Crippen LogP contribution in [0, 0.1) is 5.92 Å². The van der Waals surface area contributed by atoms with Crippen LogP contribution in [0.2, 0.25) is 0 Å². The summed E-state index contributed by atoms with van der Waals surface area (Å²) in [5.74, 6) is 0.440. The summed E-state index contributed by atoms with van der Waals surface area (Å²) >= 11 is 0. The highest BCUT2D eigenvalue weighted by molar-refractivity contribution is 7.89. The highest BCUT2D eigenvalue weighted by Crippen LogP contribution is 2.37. The van der Waals surface area contributed by atoms with Gasteiger partial charge in [0.2, 0.25) is 10.0 Å². The number of nitrogens with one attached hydrogen (secondary N) is 2. The number of nitrogens with zero attached hydrogens (tertiary/aromatic N) is 3. The lowest BCUT2D eigenvalue weighted by atomic mass is 9.88. The lowest BCUT2D eigenvalue weighted by Crippen LogP contribution is -2.38. The number of carbonyl (C=O) groups is 1. The largest absolute Gasteiger partial charge is 0.366 e. The number of carbonyl (C=O) groups excluding carboxylic acids is 1. The second-order valence-corrected chi connectivity index (χ2v) is 12.0. The number of aromatic nitrogens is 3. The molecule has 190 valence electrons. The van der Waals surface area contributed by atoms with Gasteiger partial charge in [0, 0.05) is 43.0 Å². The summed E-state index contributed by atoms with van der Waals surface area (Å²) in [5, 5.41) is 8.87. The van der Waals surface area contributed by atoms with Crippen molar-refractivity contribution in [2.45, 2.75) is 46.1 Å². The predicted molar refractivity (Wildman–Crippen MR) is 139 cm³/mol. The molecule has 3 aromatic rings. The maximum atomic E-state index is 12.3. The Bertz CT molecular complexity index is 1290. The molecule has 0 unspecified atom stereocenters. The van der Waals surface area contributed by atoms with Crippen molar-refractivity contribution in [1.82, 2.24) is 24.4 Å². The molecular weight excluding hydrogens is 464 g/mol. The van der Waals surface area contributed by atoms with Crippen molar-refractivity contribution in [3.05, 3.63) is 41.9 Å². The van der Waals surface area contributed by atoms with Crippen LogP contribution in [-0.4, -0.2) is 65.3 Å². The topological polar surface area (TPSA) is 126 Å². The van der Waals surface area contributed by atoms with Gasteiger partial charge in [-0.05, 0) is 61.4 Å². The molecule has 9 nitrogen and oxygen atoms in total. The Balaban J connectivity index is 1.59. The molecular formula is C25H36N6O3S. The molecule has 1 amide bonds.